The number of alkyl halides is 4. The molecule has 0 atom stereocenters. The first-order valence-corrected chi connectivity index (χ1v) is 13.4. The normalized spacial score (nSPS) is 16.5. The summed E-state index contributed by atoms with van der Waals surface area (Å²) in [5.41, 5.74) is 6.19. The van der Waals surface area contributed by atoms with Gasteiger partial charge in [-0.05, 0) is 101 Å². The van der Waals surface area contributed by atoms with E-state index in [9.17, 15) is 27.5 Å². The summed E-state index contributed by atoms with van der Waals surface area (Å²) in [7, 11) is 0. The Morgan fingerprint density at radius 2 is 1.62 bits per heavy atom. The summed E-state index contributed by atoms with van der Waals surface area (Å²) >= 11 is 0. The predicted molar refractivity (Wildman–Crippen MR) is 144 cm³/mol. The van der Waals surface area contributed by atoms with Gasteiger partial charge in [0.05, 0.1) is 17.8 Å². The number of halogens is 4. The van der Waals surface area contributed by atoms with Gasteiger partial charge in [0, 0.05) is 19.6 Å². The topological polar surface area (TPSA) is 40.5 Å². The number of allylic oxidation sites excluding steroid dienone is 1. The number of fused-ring (bicyclic) bond motifs is 1. The van der Waals surface area contributed by atoms with Crippen molar-refractivity contribution in [2.75, 3.05) is 26.3 Å². The van der Waals surface area contributed by atoms with Crippen molar-refractivity contribution in [1.82, 2.24) is 4.90 Å². The molecule has 0 bridgehead atoms. The number of nitrogens with zero attached hydrogens (tertiary/aromatic N) is 1. The summed E-state index contributed by atoms with van der Waals surface area (Å²) in [6, 6.07) is 18.8. The monoisotopic (exact) mass is 537 g/mol. The van der Waals surface area contributed by atoms with Crippen LogP contribution in [0.4, 0.5) is 17.6 Å². The number of carbonyl (C=O) groups is 1. The third-order valence-corrected chi connectivity index (χ3v) is 7.76. The van der Waals surface area contributed by atoms with Crippen molar-refractivity contribution in [2.24, 2.45) is 5.92 Å². The molecular weight excluding hydrogens is 506 g/mol. The Balaban J connectivity index is 1.50. The number of carboxylic acid groups (broad SMARTS) is 1. The molecule has 3 aromatic carbocycles. The van der Waals surface area contributed by atoms with Gasteiger partial charge in [-0.2, -0.15) is 13.2 Å². The second kappa shape index (κ2) is 11.3. The van der Waals surface area contributed by atoms with Gasteiger partial charge in [0.2, 0.25) is 0 Å². The Kier molecular flexibility index (Phi) is 7.89. The highest BCUT2D eigenvalue weighted by molar-refractivity contribution is 6.00. The molecule has 0 amide bonds. The number of aromatic carboxylic acids is 1. The second-order valence-corrected chi connectivity index (χ2v) is 10.5. The molecule has 2 aliphatic rings. The van der Waals surface area contributed by atoms with Crippen LogP contribution in [0, 0.1) is 5.92 Å². The van der Waals surface area contributed by atoms with E-state index >= 15 is 0 Å². The van der Waals surface area contributed by atoms with Gasteiger partial charge in [0.1, 0.15) is 0 Å². The van der Waals surface area contributed by atoms with Crippen LogP contribution < -0.4 is 0 Å². The number of hydrogen-bond donors (Lipinski definition) is 1. The van der Waals surface area contributed by atoms with Crippen molar-refractivity contribution in [1.29, 1.82) is 0 Å². The fourth-order valence-electron chi connectivity index (χ4n) is 5.81. The average molecular weight is 538 g/mol. The molecule has 0 spiro atoms. The third-order valence-electron chi connectivity index (χ3n) is 7.76. The van der Waals surface area contributed by atoms with E-state index in [-0.39, 0.29) is 12.2 Å². The zero-order chi connectivity index (χ0) is 27.6. The zero-order valence-corrected chi connectivity index (χ0v) is 21.6. The van der Waals surface area contributed by atoms with Gasteiger partial charge in [-0.25, -0.2) is 4.79 Å². The van der Waals surface area contributed by atoms with Gasteiger partial charge < -0.3 is 10.0 Å². The van der Waals surface area contributed by atoms with Crippen molar-refractivity contribution in [3.8, 4) is 0 Å². The number of carboxylic acids is 1. The maximum Gasteiger partial charge on any atom is 0.416 e. The molecule has 1 aliphatic carbocycles. The molecule has 1 saturated heterocycles. The van der Waals surface area contributed by atoms with Gasteiger partial charge >= 0.3 is 12.1 Å². The summed E-state index contributed by atoms with van der Waals surface area (Å²) in [5.74, 6) is -0.440. The van der Waals surface area contributed by atoms with E-state index < -0.39 is 17.7 Å². The highest BCUT2D eigenvalue weighted by Gasteiger charge is 2.30. The van der Waals surface area contributed by atoms with Crippen LogP contribution in [0.15, 0.2) is 66.7 Å². The largest absolute Gasteiger partial charge is 0.478 e. The minimum absolute atomic E-state index is 0.225. The SMILES string of the molecule is O=C(O)c1ccc2c(c1)CCCC(c1ccc(C(F)(F)F)cc1)=C2c1ccc(CC2CN(CCCF)C2)cc1. The van der Waals surface area contributed by atoms with E-state index in [4.69, 9.17) is 0 Å². The molecule has 0 unspecified atom stereocenters. The van der Waals surface area contributed by atoms with Crippen LogP contribution in [-0.2, 0) is 19.0 Å². The third kappa shape index (κ3) is 6.09. The Hall–Kier alpha value is -3.45. The first kappa shape index (κ1) is 27.1. The Bertz CT molecular complexity index is 1350. The number of hydrogen-bond acceptors (Lipinski definition) is 2. The molecule has 1 heterocycles. The molecule has 1 fully saturated rings. The molecule has 0 radical (unpaired) electrons. The standard InChI is InChI=1S/C32H31F4NO2/c33-15-2-16-37-19-22(20-37)17-21-5-7-24(8-6-21)30-28(23-9-12-27(13-10-23)32(34,35)36)4-1-3-25-18-26(31(38)39)11-14-29(25)30/h5-14,18,22H,1-4,15-17,19-20H2,(H,38,39). The van der Waals surface area contributed by atoms with Crippen LogP contribution in [0.5, 0.6) is 0 Å². The van der Waals surface area contributed by atoms with Gasteiger partial charge in [0.25, 0.3) is 0 Å². The van der Waals surface area contributed by atoms with Crippen LogP contribution in [0.3, 0.4) is 0 Å². The molecule has 204 valence electrons. The molecular formula is C32H31F4NO2. The molecule has 1 aliphatic heterocycles. The lowest BCUT2D eigenvalue weighted by molar-refractivity contribution is -0.137. The molecule has 5 rings (SSSR count). The van der Waals surface area contributed by atoms with Crippen LogP contribution in [0.2, 0.25) is 0 Å². The molecule has 39 heavy (non-hydrogen) atoms. The summed E-state index contributed by atoms with van der Waals surface area (Å²) in [6.07, 6.45) is -0.781. The number of aryl methyl sites for hydroxylation is 1. The maximum absolute atomic E-state index is 13.2. The average Bonchev–Trinajstić information content (AvgIpc) is 3.09. The Morgan fingerprint density at radius 1 is 0.923 bits per heavy atom. The van der Waals surface area contributed by atoms with Crippen LogP contribution >= 0.6 is 0 Å². The number of likely N-dealkylation sites (tertiary alicyclic amines) is 1. The summed E-state index contributed by atoms with van der Waals surface area (Å²) in [4.78, 5) is 13.9. The van der Waals surface area contributed by atoms with E-state index in [2.05, 4.69) is 29.2 Å². The van der Waals surface area contributed by atoms with E-state index in [1.807, 2.05) is 6.07 Å². The number of rotatable bonds is 8. The van der Waals surface area contributed by atoms with Gasteiger partial charge in [-0.15, -0.1) is 0 Å². The van der Waals surface area contributed by atoms with Gasteiger partial charge in [-0.1, -0.05) is 42.5 Å². The summed E-state index contributed by atoms with van der Waals surface area (Å²) < 4.78 is 52.1. The fraction of sp³-hybridized carbons (Fsp3) is 0.344. The van der Waals surface area contributed by atoms with Crippen LogP contribution in [0.1, 0.15) is 63.0 Å². The van der Waals surface area contributed by atoms with Crippen LogP contribution in [0.25, 0.3) is 11.1 Å². The van der Waals surface area contributed by atoms with Crippen molar-refractivity contribution in [3.63, 3.8) is 0 Å². The first-order chi connectivity index (χ1) is 18.7. The molecule has 1 N–H and O–H groups in total. The lowest BCUT2D eigenvalue weighted by Gasteiger charge is -2.39. The molecule has 3 aromatic rings. The maximum atomic E-state index is 13.2. The zero-order valence-electron chi connectivity index (χ0n) is 21.6. The van der Waals surface area contributed by atoms with E-state index in [1.165, 1.54) is 17.7 Å². The lowest BCUT2D eigenvalue weighted by atomic mass is 9.86. The minimum Gasteiger partial charge on any atom is -0.478 e. The molecule has 0 aromatic heterocycles. The smallest absolute Gasteiger partial charge is 0.416 e. The summed E-state index contributed by atoms with van der Waals surface area (Å²) in [6.45, 7) is 2.47. The van der Waals surface area contributed by atoms with Crippen LogP contribution in [-0.4, -0.2) is 42.3 Å². The first-order valence-electron chi connectivity index (χ1n) is 13.4. The molecule has 3 nitrogen and oxygen atoms in total. The summed E-state index contributed by atoms with van der Waals surface area (Å²) in [5, 5.41) is 9.52. The Labute approximate surface area is 225 Å². The fourth-order valence-corrected chi connectivity index (χ4v) is 5.81. The molecule has 0 saturated carbocycles. The predicted octanol–water partition coefficient (Wildman–Crippen LogP) is 7.53. The van der Waals surface area contributed by atoms with E-state index in [0.29, 0.717) is 25.2 Å². The quantitative estimate of drug-likeness (QED) is 0.302. The van der Waals surface area contributed by atoms with Crippen molar-refractivity contribution < 1.29 is 27.5 Å². The Morgan fingerprint density at radius 3 is 2.26 bits per heavy atom. The van der Waals surface area contributed by atoms with E-state index in [0.717, 1.165) is 78.0 Å². The minimum atomic E-state index is -4.40. The lowest BCUT2D eigenvalue weighted by Crippen LogP contribution is -2.47. The highest BCUT2D eigenvalue weighted by Crippen LogP contribution is 2.41. The van der Waals surface area contributed by atoms with Crippen molar-refractivity contribution >= 4 is 17.1 Å². The van der Waals surface area contributed by atoms with Gasteiger partial charge in [-0.3, -0.25) is 4.39 Å². The highest BCUT2D eigenvalue weighted by atomic mass is 19.4. The number of benzene rings is 3. The van der Waals surface area contributed by atoms with Crippen molar-refractivity contribution in [3.05, 3.63) is 106 Å². The van der Waals surface area contributed by atoms with E-state index in [1.54, 1.807) is 12.1 Å². The second-order valence-electron chi connectivity index (χ2n) is 10.5. The van der Waals surface area contributed by atoms with Gasteiger partial charge in [0.15, 0.2) is 0 Å². The van der Waals surface area contributed by atoms with Crippen molar-refractivity contribution in [2.45, 2.75) is 38.3 Å². The molecule has 7 heteroatoms.